The van der Waals surface area contributed by atoms with E-state index < -0.39 is 9.84 Å². The Labute approximate surface area is 199 Å². The van der Waals surface area contributed by atoms with E-state index in [1.807, 2.05) is 30.5 Å². The van der Waals surface area contributed by atoms with E-state index in [2.05, 4.69) is 14.9 Å². The van der Waals surface area contributed by atoms with Gasteiger partial charge in [0.1, 0.15) is 5.82 Å². The molecule has 2 heterocycles. The van der Waals surface area contributed by atoms with Gasteiger partial charge in [-0.15, -0.1) is 0 Å². The van der Waals surface area contributed by atoms with Gasteiger partial charge in [-0.05, 0) is 73.4 Å². The Bertz CT molecular complexity index is 1430. The molecule has 0 unspecified atom stereocenters. The van der Waals surface area contributed by atoms with Crippen LogP contribution in [0, 0.1) is 0 Å². The maximum absolute atomic E-state index is 12.8. The summed E-state index contributed by atoms with van der Waals surface area (Å²) in [6.07, 6.45) is 5.38. The number of sulfone groups is 1. The van der Waals surface area contributed by atoms with E-state index >= 15 is 0 Å². The maximum atomic E-state index is 12.8. The lowest BCUT2D eigenvalue weighted by Crippen LogP contribution is -2.13. The molecule has 1 aliphatic rings. The molecule has 0 saturated heterocycles. The Balaban J connectivity index is 1.29. The number of rotatable bonds is 6. The molecule has 3 aromatic carbocycles. The fourth-order valence-corrected chi connectivity index (χ4v) is 5.66. The lowest BCUT2D eigenvalue weighted by Gasteiger charge is -2.16. The monoisotopic (exact) mass is 471 g/mol. The Morgan fingerprint density at radius 1 is 0.941 bits per heavy atom. The molecule has 172 valence electrons. The van der Waals surface area contributed by atoms with E-state index in [9.17, 15) is 13.2 Å². The predicted octanol–water partition coefficient (Wildman–Crippen LogP) is 5.11. The summed E-state index contributed by atoms with van der Waals surface area (Å²) in [6.45, 7) is 0.986. The first-order valence-electron chi connectivity index (χ1n) is 11.3. The van der Waals surface area contributed by atoms with Crippen molar-refractivity contribution in [3.63, 3.8) is 0 Å². The summed E-state index contributed by atoms with van der Waals surface area (Å²) in [4.78, 5) is 17.7. The molecule has 4 aromatic rings. The van der Waals surface area contributed by atoms with Crippen LogP contribution in [0.5, 0.6) is 0 Å². The first kappa shape index (κ1) is 22.1. The van der Waals surface area contributed by atoms with Gasteiger partial charge in [-0.1, -0.05) is 30.3 Å². The van der Waals surface area contributed by atoms with E-state index in [1.54, 1.807) is 54.6 Å². The molecule has 34 heavy (non-hydrogen) atoms. The van der Waals surface area contributed by atoms with Crippen LogP contribution in [0.3, 0.4) is 0 Å². The summed E-state index contributed by atoms with van der Waals surface area (Å²) in [5.41, 5.74) is 3.93. The van der Waals surface area contributed by atoms with Crippen LogP contribution in [0.2, 0.25) is 0 Å². The molecule has 1 N–H and O–H groups in total. The molecular formula is C27H25N3O3S. The van der Waals surface area contributed by atoms with E-state index in [0.29, 0.717) is 16.8 Å². The molecule has 1 amide bonds. The van der Waals surface area contributed by atoms with Gasteiger partial charge in [-0.25, -0.2) is 13.4 Å². The van der Waals surface area contributed by atoms with Crippen molar-refractivity contribution in [2.24, 2.45) is 0 Å². The van der Waals surface area contributed by atoms with Crippen molar-refractivity contribution in [2.45, 2.75) is 36.5 Å². The fraction of sp³-hybridized carbons (Fsp3) is 0.185. The Morgan fingerprint density at radius 2 is 1.74 bits per heavy atom. The van der Waals surface area contributed by atoms with Gasteiger partial charge in [0.25, 0.3) is 5.91 Å². The van der Waals surface area contributed by atoms with Crippen molar-refractivity contribution in [1.29, 1.82) is 0 Å². The molecule has 0 aliphatic carbocycles. The predicted molar refractivity (Wildman–Crippen MR) is 132 cm³/mol. The third kappa shape index (κ3) is 4.65. The first-order valence-corrected chi connectivity index (χ1v) is 13.0. The van der Waals surface area contributed by atoms with Crippen molar-refractivity contribution in [3.05, 3.63) is 102 Å². The number of benzene rings is 3. The zero-order chi connectivity index (χ0) is 23.5. The highest BCUT2D eigenvalue weighted by molar-refractivity contribution is 7.90. The normalized spacial score (nSPS) is 13.3. The number of carbonyl (C=O) groups excluding carboxylic acids is 1. The second-order valence-corrected chi connectivity index (χ2v) is 10.5. The highest BCUT2D eigenvalue weighted by Gasteiger charge is 2.17. The largest absolute Gasteiger partial charge is 0.328 e. The lowest BCUT2D eigenvalue weighted by atomic mass is 10.1. The van der Waals surface area contributed by atoms with E-state index in [0.717, 1.165) is 30.8 Å². The van der Waals surface area contributed by atoms with Crippen LogP contribution >= 0.6 is 0 Å². The van der Waals surface area contributed by atoms with Crippen molar-refractivity contribution >= 4 is 21.4 Å². The minimum Gasteiger partial charge on any atom is -0.328 e. The Morgan fingerprint density at radius 3 is 2.53 bits per heavy atom. The topological polar surface area (TPSA) is 81.1 Å². The van der Waals surface area contributed by atoms with Gasteiger partial charge < -0.3 is 9.88 Å². The summed E-state index contributed by atoms with van der Waals surface area (Å²) >= 11 is 0. The minimum absolute atomic E-state index is 0.165. The summed E-state index contributed by atoms with van der Waals surface area (Å²) in [5.74, 6) is 0.506. The Hall–Kier alpha value is -3.71. The average Bonchev–Trinajstić information content (AvgIpc) is 3.29. The zero-order valence-corrected chi connectivity index (χ0v) is 19.5. The lowest BCUT2D eigenvalue weighted by molar-refractivity contribution is 0.102. The molecule has 0 atom stereocenters. The molecule has 6 nitrogen and oxygen atoms in total. The summed E-state index contributed by atoms with van der Waals surface area (Å²) in [5, 5.41) is 2.90. The maximum Gasteiger partial charge on any atom is 0.255 e. The molecular weight excluding hydrogens is 446 g/mol. The number of hydrogen-bond donors (Lipinski definition) is 1. The summed E-state index contributed by atoms with van der Waals surface area (Å²) in [7, 11) is -3.49. The van der Waals surface area contributed by atoms with Crippen molar-refractivity contribution < 1.29 is 13.2 Å². The number of amides is 1. The highest BCUT2D eigenvalue weighted by atomic mass is 32.2. The molecule has 7 heteroatoms. The van der Waals surface area contributed by atoms with Crippen LogP contribution in [0.15, 0.2) is 90.0 Å². The number of nitrogens with one attached hydrogen (secondary N) is 1. The number of aromatic nitrogens is 2. The molecule has 0 spiro atoms. The minimum atomic E-state index is -3.49. The summed E-state index contributed by atoms with van der Waals surface area (Å²) in [6, 6.07) is 22.7. The first-order chi connectivity index (χ1) is 16.5. The smallest absolute Gasteiger partial charge is 0.255 e. The molecule has 1 aromatic heterocycles. The van der Waals surface area contributed by atoms with Crippen molar-refractivity contribution in [3.8, 4) is 11.4 Å². The van der Waals surface area contributed by atoms with Crippen LogP contribution in [-0.4, -0.2) is 23.9 Å². The molecule has 0 radical (unpaired) electrons. The van der Waals surface area contributed by atoms with E-state index in [-0.39, 0.29) is 16.6 Å². The molecule has 0 fully saturated rings. The van der Waals surface area contributed by atoms with Crippen LogP contribution < -0.4 is 5.32 Å². The van der Waals surface area contributed by atoms with Gasteiger partial charge in [0.15, 0.2) is 9.84 Å². The van der Waals surface area contributed by atoms with Crippen LogP contribution in [0.4, 0.5) is 5.69 Å². The van der Waals surface area contributed by atoms with Crippen LogP contribution in [0.25, 0.3) is 11.4 Å². The van der Waals surface area contributed by atoms with Crippen LogP contribution in [0.1, 0.15) is 34.5 Å². The van der Waals surface area contributed by atoms with Gasteiger partial charge in [0, 0.05) is 35.2 Å². The van der Waals surface area contributed by atoms with Crippen molar-refractivity contribution in [2.75, 3.05) is 5.32 Å². The van der Waals surface area contributed by atoms with Gasteiger partial charge in [0.05, 0.1) is 10.6 Å². The van der Waals surface area contributed by atoms with Gasteiger partial charge in [-0.3, -0.25) is 4.79 Å². The second-order valence-electron chi connectivity index (χ2n) is 8.49. The van der Waals surface area contributed by atoms with E-state index in [1.165, 1.54) is 12.1 Å². The quantitative estimate of drug-likeness (QED) is 0.424. The molecule has 1 aliphatic heterocycles. The van der Waals surface area contributed by atoms with Crippen LogP contribution in [-0.2, 0) is 28.6 Å². The second kappa shape index (κ2) is 9.27. The number of aryl methyl sites for hydroxylation is 1. The van der Waals surface area contributed by atoms with Gasteiger partial charge in [0.2, 0.25) is 0 Å². The molecule has 0 saturated carbocycles. The number of imidazole rings is 1. The number of nitrogens with zero attached hydrogens (tertiary/aromatic N) is 2. The SMILES string of the molecule is O=C(Nc1ccc(-c2ncc3n2CCCC3)cc1)c1cccc(CS(=O)(=O)c2ccccc2)c1. The van der Waals surface area contributed by atoms with Gasteiger partial charge in [-0.2, -0.15) is 0 Å². The third-order valence-corrected chi connectivity index (χ3v) is 7.76. The standard InChI is InChI=1S/C27H25N3O3S/c31-27(22-8-6-7-20(17-22)19-34(32,33)25-10-2-1-3-11-25)29-23-14-12-21(13-15-23)26-28-18-24-9-4-5-16-30(24)26/h1-3,6-8,10-15,17-18H,4-5,9,16,19H2,(H,29,31). The average molecular weight is 472 g/mol. The Kier molecular flexibility index (Phi) is 6.02. The highest BCUT2D eigenvalue weighted by Crippen LogP contribution is 2.26. The number of fused-ring (bicyclic) bond motifs is 1. The summed E-state index contributed by atoms with van der Waals surface area (Å²) < 4.78 is 27.6. The van der Waals surface area contributed by atoms with Gasteiger partial charge >= 0.3 is 0 Å². The van der Waals surface area contributed by atoms with E-state index in [4.69, 9.17) is 0 Å². The molecule has 5 rings (SSSR count). The number of carbonyl (C=O) groups is 1. The third-order valence-electron chi connectivity index (χ3n) is 6.05. The molecule has 0 bridgehead atoms. The fourth-order valence-electron chi connectivity index (χ4n) is 4.31. The zero-order valence-electron chi connectivity index (χ0n) is 18.6. The number of anilines is 1. The van der Waals surface area contributed by atoms with Crippen molar-refractivity contribution in [1.82, 2.24) is 9.55 Å². The number of hydrogen-bond acceptors (Lipinski definition) is 4.